The zero-order chi connectivity index (χ0) is 21.8. The monoisotopic (exact) mass is 445 g/mol. The van der Waals surface area contributed by atoms with Gasteiger partial charge in [-0.1, -0.05) is 0 Å². The van der Waals surface area contributed by atoms with Crippen LogP contribution in [0.4, 0.5) is 11.4 Å². The Morgan fingerprint density at radius 2 is 1.61 bits per heavy atom. The molecule has 2 amide bonds. The van der Waals surface area contributed by atoms with E-state index in [1.165, 1.54) is 23.6 Å². The number of amides is 2. The molecule has 6 rings (SSSR count). The molecule has 2 N–H and O–H groups in total. The summed E-state index contributed by atoms with van der Waals surface area (Å²) in [5, 5.41) is 5.82. The van der Waals surface area contributed by atoms with E-state index >= 15 is 0 Å². The molecule has 1 aliphatic heterocycles. The molecule has 8 heteroatoms. The molecule has 1 heterocycles. The summed E-state index contributed by atoms with van der Waals surface area (Å²) < 4.78 is 25.5. The van der Waals surface area contributed by atoms with Crippen molar-refractivity contribution in [2.24, 2.45) is 23.2 Å². The Hall–Kier alpha value is -2.09. The van der Waals surface area contributed by atoms with Gasteiger partial charge in [-0.2, -0.15) is 0 Å². The van der Waals surface area contributed by atoms with Crippen molar-refractivity contribution in [3.05, 3.63) is 24.3 Å². The van der Waals surface area contributed by atoms with Gasteiger partial charge < -0.3 is 10.6 Å². The fourth-order valence-corrected chi connectivity index (χ4v) is 8.26. The highest BCUT2D eigenvalue weighted by Crippen LogP contribution is 2.60. The molecule has 5 fully saturated rings. The summed E-state index contributed by atoms with van der Waals surface area (Å²) in [4.78, 5) is 25.8. The lowest BCUT2D eigenvalue weighted by atomic mass is 9.49. The number of sulfonamides is 1. The minimum absolute atomic E-state index is 0.0452. The van der Waals surface area contributed by atoms with Gasteiger partial charge in [-0.05, 0) is 93.9 Å². The second kappa shape index (κ2) is 7.50. The van der Waals surface area contributed by atoms with Crippen LogP contribution >= 0.6 is 0 Å². The Morgan fingerprint density at radius 3 is 2.13 bits per heavy atom. The van der Waals surface area contributed by atoms with E-state index in [-0.39, 0.29) is 23.0 Å². The van der Waals surface area contributed by atoms with Crippen LogP contribution in [-0.4, -0.2) is 38.6 Å². The molecule has 1 aromatic rings. The first-order valence-corrected chi connectivity index (χ1v) is 13.1. The van der Waals surface area contributed by atoms with Crippen LogP contribution in [0.15, 0.2) is 24.3 Å². The number of rotatable bonds is 5. The van der Waals surface area contributed by atoms with E-state index < -0.39 is 16.1 Å². The lowest BCUT2D eigenvalue weighted by Crippen LogP contribution is -2.56. The lowest BCUT2D eigenvalue weighted by Gasteiger charge is -2.55. The Labute approximate surface area is 184 Å². The van der Waals surface area contributed by atoms with Crippen molar-refractivity contribution in [1.29, 1.82) is 0 Å². The van der Waals surface area contributed by atoms with Crippen molar-refractivity contribution >= 4 is 33.2 Å². The van der Waals surface area contributed by atoms with Gasteiger partial charge in [-0.25, -0.2) is 8.42 Å². The van der Waals surface area contributed by atoms with Crippen LogP contribution in [0.3, 0.4) is 0 Å². The van der Waals surface area contributed by atoms with E-state index in [0.29, 0.717) is 42.1 Å². The SMILES string of the molecule is C[C@H](NC(=O)C12CC3CC(CC(C3)C1)C2)C(=O)Nc1ccc(N2CCCS2(=O)=O)cc1. The fourth-order valence-electron chi connectivity index (χ4n) is 6.70. The van der Waals surface area contributed by atoms with Crippen molar-refractivity contribution in [2.75, 3.05) is 21.9 Å². The van der Waals surface area contributed by atoms with Crippen molar-refractivity contribution in [2.45, 2.75) is 57.9 Å². The number of nitrogens with one attached hydrogen (secondary N) is 2. The van der Waals surface area contributed by atoms with Crippen LogP contribution in [0.2, 0.25) is 0 Å². The van der Waals surface area contributed by atoms with Crippen LogP contribution in [0.25, 0.3) is 0 Å². The quantitative estimate of drug-likeness (QED) is 0.728. The highest BCUT2D eigenvalue weighted by molar-refractivity contribution is 7.93. The molecule has 1 saturated heterocycles. The summed E-state index contributed by atoms with van der Waals surface area (Å²) in [5.74, 6) is 1.99. The van der Waals surface area contributed by atoms with E-state index in [9.17, 15) is 18.0 Å². The molecule has 4 aliphatic carbocycles. The highest BCUT2D eigenvalue weighted by Gasteiger charge is 2.54. The maximum atomic E-state index is 13.2. The van der Waals surface area contributed by atoms with Gasteiger partial charge in [0.1, 0.15) is 6.04 Å². The van der Waals surface area contributed by atoms with E-state index in [0.717, 1.165) is 19.3 Å². The molecule has 0 aromatic heterocycles. The third-order valence-corrected chi connectivity index (χ3v) is 9.65. The predicted molar refractivity (Wildman–Crippen MR) is 119 cm³/mol. The average Bonchev–Trinajstić information content (AvgIpc) is 3.06. The minimum Gasteiger partial charge on any atom is -0.344 e. The predicted octanol–water partition coefficient (Wildman–Crippen LogP) is 2.89. The second-order valence-electron chi connectivity index (χ2n) is 10.2. The zero-order valence-electron chi connectivity index (χ0n) is 18.0. The van der Waals surface area contributed by atoms with Gasteiger partial charge in [0.05, 0.1) is 11.4 Å². The first-order valence-electron chi connectivity index (χ1n) is 11.5. The molecule has 5 aliphatic rings. The standard InChI is InChI=1S/C23H31N3O4S/c1-15(24-22(28)23-12-16-9-17(13-23)11-18(10-16)14-23)21(27)25-19-3-5-20(6-4-19)26-7-2-8-31(26,29)30/h3-6,15-18H,2,7-14H2,1H3,(H,24,28)(H,25,27)/t15-,16?,17?,18?,23?/m0/s1. The topological polar surface area (TPSA) is 95.6 Å². The third-order valence-electron chi connectivity index (χ3n) is 7.78. The normalized spacial score (nSPS) is 33.8. The summed E-state index contributed by atoms with van der Waals surface area (Å²) in [6.07, 6.45) is 7.37. The van der Waals surface area contributed by atoms with Crippen LogP contribution in [-0.2, 0) is 19.6 Å². The van der Waals surface area contributed by atoms with Gasteiger partial charge >= 0.3 is 0 Å². The minimum atomic E-state index is -3.22. The number of benzene rings is 1. The Kier molecular flexibility index (Phi) is 5.03. The Bertz CT molecular complexity index is 953. The van der Waals surface area contributed by atoms with Crippen LogP contribution < -0.4 is 14.9 Å². The second-order valence-corrected chi connectivity index (χ2v) is 12.2. The van der Waals surface area contributed by atoms with E-state index in [4.69, 9.17) is 0 Å². The number of anilines is 2. The summed E-state index contributed by atoms with van der Waals surface area (Å²) in [5.41, 5.74) is 0.923. The summed E-state index contributed by atoms with van der Waals surface area (Å²) in [6.45, 7) is 2.21. The van der Waals surface area contributed by atoms with Gasteiger partial charge in [0, 0.05) is 17.6 Å². The fraction of sp³-hybridized carbons (Fsp3) is 0.652. The largest absolute Gasteiger partial charge is 0.344 e. The average molecular weight is 446 g/mol. The number of carbonyl (C=O) groups is 2. The first kappa shape index (κ1) is 20.8. The molecule has 4 saturated carbocycles. The Morgan fingerprint density at radius 1 is 1.03 bits per heavy atom. The molecule has 0 radical (unpaired) electrons. The van der Waals surface area contributed by atoms with E-state index in [2.05, 4.69) is 10.6 Å². The zero-order valence-corrected chi connectivity index (χ0v) is 18.8. The van der Waals surface area contributed by atoms with Gasteiger partial charge in [0.2, 0.25) is 21.8 Å². The highest BCUT2D eigenvalue weighted by atomic mass is 32.2. The van der Waals surface area contributed by atoms with Crippen LogP contribution in [0, 0.1) is 23.2 Å². The van der Waals surface area contributed by atoms with Gasteiger partial charge in [-0.3, -0.25) is 13.9 Å². The summed E-state index contributed by atoms with van der Waals surface area (Å²) in [7, 11) is -3.22. The van der Waals surface area contributed by atoms with Crippen molar-refractivity contribution in [1.82, 2.24) is 5.32 Å². The first-order chi connectivity index (χ1) is 14.7. The molecule has 168 valence electrons. The molecule has 1 atom stereocenters. The van der Waals surface area contributed by atoms with Gasteiger partial charge in [-0.15, -0.1) is 0 Å². The van der Waals surface area contributed by atoms with Crippen LogP contribution in [0.1, 0.15) is 51.9 Å². The van der Waals surface area contributed by atoms with Crippen LogP contribution in [0.5, 0.6) is 0 Å². The Balaban J connectivity index is 1.19. The third kappa shape index (κ3) is 3.83. The molecule has 1 aromatic carbocycles. The van der Waals surface area contributed by atoms with Gasteiger partial charge in [0.25, 0.3) is 0 Å². The molecule has 4 bridgehead atoms. The molecule has 31 heavy (non-hydrogen) atoms. The number of hydrogen-bond donors (Lipinski definition) is 2. The maximum Gasteiger partial charge on any atom is 0.246 e. The summed E-state index contributed by atoms with van der Waals surface area (Å²) in [6, 6.07) is 6.19. The van der Waals surface area contributed by atoms with Crippen molar-refractivity contribution < 1.29 is 18.0 Å². The molecular formula is C23H31N3O4S. The molecule has 7 nitrogen and oxygen atoms in total. The smallest absolute Gasteiger partial charge is 0.246 e. The van der Waals surface area contributed by atoms with Crippen molar-refractivity contribution in [3.8, 4) is 0 Å². The van der Waals surface area contributed by atoms with E-state index in [1.54, 1.807) is 31.2 Å². The number of hydrogen-bond acceptors (Lipinski definition) is 4. The number of carbonyl (C=O) groups excluding carboxylic acids is 2. The molecule has 0 unspecified atom stereocenters. The van der Waals surface area contributed by atoms with Crippen molar-refractivity contribution in [3.63, 3.8) is 0 Å². The van der Waals surface area contributed by atoms with Gasteiger partial charge in [0.15, 0.2) is 0 Å². The number of nitrogens with zero attached hydrogens (tertiary/aromatic N) is 1. The lowest BCUT2D eigenvalue weighted by molar-refractivity contribution is -0.147. The summed E-state index contributed by atoms with van der Waals surface area (Å²) >= 11 is 0. The van der Waals surface area contributed by atoms with E-state index in [1.807, 2.05) is 0 Å². The maximum absolute atomic E-state index is 13.2. The molecular weight excluding hydrogens is 414 g/mol. The molecule has 0 spiro atoms.